The minimum absolute atomic E-state index is 0.171. The van der Waals surface area contributed by atoms with Crippen LogP contribution in [0, 0.1) is 11.3 Å². The van der Waals surface area contributed by atoms with Crippen molar-refractivity contribution in [2.75, 3.05) is 0 Å². The zero-order chi connectivity index (χ0) is 23.9. The van der Waals surface area contributed by atoms with Crippen molar-refractivity contribution in [2.24, 2.45) is 7.05 Å². The number of hydrogen-bond acceptors (Lipinski definition) is 4. The first kappa shape index (κ1) is 20.9. The van der Waals surface area contributed by atoms with Gasteiger partial charge in [0, 0.05) is 30.8 Å². The van der Waals surface area contributed by atoms with Gasteiger partial charge in [0.05, 0.1) is 22.3 Å². The SMILES string of the molecule is CC1Cc2cc(-c3nn(-c4ccccc4)cc3/C=C(/C#N)c3nc4ccccc4n3C)ccc2O1. The van der Waals surface area contributed by atoms with Crippen LogP contribution in [0.1, 0.15) is 23.9 Å². The lowest BCUT2D eigenvalue weighted by molar-refractivity contribution is 0.254. The largest absolute Gasteiger partial charge is 0.490 e. The fourth-order valence-corrected chi connectivity index (χ4v) is 4.69. The van der Waals surface area contributed by atoms with Crippen LogP contribution in [0.15, 0.2) is 79.0 Å². The zero-order valence-corrected chi connectivity index (χ0v) is 19.5. The normalized spacial score (nSPS) is 15.1. The Kier molecular flexibility index (Phi) is 4.97. The van der Waals surface area contributed by atoms with Crippen LogP contribution < -0.4 is 4.74 Å². The lowest BCUT2D eigenvalue weighted by Crippen LogP contribution is -2.05. The number of allylic oxidation sites excluding steroid dienone is 1. The third-order valence-corrected chi connectivity index (χ3v) is 6.38. The fraction of sp³-hybridized carbons (Fsp3) is 0.138. The molecule has 0 bridgehead atoms. The standard InChI is InChI=1S/C29H23N5O/c1-19-14-21-15-20(12-13-27(21)35-19)28-23(18-34(32-28)24-8-4-3-5-9-24)16-22(17-30)29-31-25-10-6-7-11-26(25)33(29)2/h3-13,15-16,18-19H,14H2,1-2H3/b22-16-. The molecule has 0 spiro atoms. The first-order valence-electron chi connectivity index (χ1n) is 11.6. The van der Waals surface area contributed by atoms with Gasteiger partial charge in [0.1, 0.15) is 23.6 Å². The second-order valence-electron chi connectivity index (χ2n) is 8.82. The molecule has 0 radical (unpaired) electrons. The van der Waals surface area contributed by atoms with Crippen LogP contribution in [-0.2, 0) is 13.5 Å². The van der Waals surface area contributed by atoms with E-state index in [1.54, 1.807) is 0 Å². The van der Waals surface area contributed by atoms with Gasteiger partial charge >= 0.3 is 0 Å². The summed E-state index contributed by atoms with van der Waals surface area (Å²) in [5.41, 5.74) is 7.10. The Morgan fingerprint density at radius 1 is 1.09 bits per heavy atom. The Morgan fingerprint density at radius 2 is 1.89 bits per heavy atom. The van der Waals surface area contributed by atoms with Gasteiger partial charge in [-0.2, -0.15) is 10.4 Å². The van der Waals surface area contributed by atoms with Crippen molar-refractivity contribution >= 4 is 22.7 Å². The van der Waals surface area contributed by atoms with E-state index in [0.717, 1.165) is 45.7 Å². The van der Waals surface area contributed by atoms with E-state index in [2.05, 4.69) is 19.1 Å². The summed E-state index contributed by atoms with van der Waals surface area (Å²) in [6.07, 6.45) is 4.90. The molecule has 5 aromatic rings. The van der Waals surface area contributed by atoms with Gasteiger partial charge in [0.15, 0.2) is 5.82 Å². The molecule has 6 nitrogen and oxygen atoms in total. The first-order chi connectivity index (χ1) is 17.1. The predicted octanol–water partition coefficient (Wildman–Crippen LogP) is 5.81. The maximum atomic E-state index is 10.1. The van der Waals surface area contributed by atoms with Crippen molar-refractivity contribution in [3.63, 3.8) is 0 Å². The molecule has 0 fully saturated rings. The summed E-state index contributed by atoms with van der Waals surface area (Å²) in [5, 5.41) is 15.1. The van der Waals surface area contributed by atoms with E-state index in [9.17, 15) is 5.26 Å². The van der Waals surface area contributed by atoms with Crippen molar-refractivity contribution in [1.82, 2.24) is 19.3 Å². The number of fused-ring (bicyclic) bond motifs is 2. The molecule has 2 aromatic heterocycles. The summed E-state index contributed by atoms with van der Waals surface area (Å²) < 4.78 is 9.71. The van der Waals surface area contributed by atoms with Gasteiger partial charge in [0.25, 0.3) is 0 Å². The topological polar surface area (TPSA) is 68.7 Å². The lowest BCUT2D eigenvalue weighted by Gasteiger charge is -2.04. The average Bonchev–Trinajstić information content (AvgIpc) is 3.57. The molecule has 0 N–H and O–H groups in total. The highest BCUT2D eigenvalue weighted by molar-refractivity contribution is 5.93. The number of para-hydroxylation sites is 3. The molecule has 1 aliphatic rings. The van der Waals surface area contributed by atoms with Crippen molar-refractivity contribution in [1.29, 1.82) is 5.26 Å². The number of nitrogens with zero attached hydrogens (tertiary/aromatic N) is 5. The Balaban J connectivity index is 1.52. The zero-order valence-electron chi connectivity index (χ0n) is 19.5. The number of aromatic nitrogens is 4. The number of imidazole rings is 1. The predicted molar refractivity (Wildman–Crippen MR) is 137 cm³/mol. The maximum absolute atomic E-state index is 10.1. The van der Waals surface area contributed by atoms with E-state index < -0.39 is 0 Å². The molecule has 170 valence electrons. The van der Waals surface area contributed by atoms with Gasteiger partial charge in [-0.05, 0) is 61.0 Å². The Morgan fingerprint density at radius 3 is 2.69 bits per heavy atom. The molecular formula is C29H23N5O. The van der Waals surface area contributed by atoms with Crippen molar-refractivity contribution < 1.29 is 4.74 Å². The number of aryl methyl sites for hydroxylation is 1. The Labute approximate surface area is 203 Å². The van der Waals surface area contributed by atoms with Crippen LogP contribution in [0.2, 0.25) is 0 Å². The summed E-state index contributed by atoms with van der Waals surface area (Å²) >= 11 is 0. The van der Waals surface area contributed by atoms with E-state index in [0.29, 0.717) is 11.4 Å². The number of hydrogen-bond donors (Lipinski definition) is 0. The number of benzene rings is 3. The van der Waals surface area contributed by atoms with Crippen molar-refractivity contribution in [2.45, 2.75) is 19.4 Å². The van der Waals surface area contributed by atoms with Crippen molar-refractivity contribution in [3.05, 3.63) is 95.9 Å². The quantitative estimate of drug-likeness (QED) is 0.319. The van der Waals surface area contributed by atoms with E-state index in [1.807, 2.05) is 95.3 Å². The molecular weight excluding hydrogens is 434 g/mol. The third kappa shape index (κ3) is 3.68. The number of ether oxygens (including phenoxy) is 1. The highest BCUT2D eigenvalue weighted by Gasteiger charge is 2.21. The Bertz CT molecular complexity index is 1640. The van der Waals surface area contributed by atoms with Gasteiger partial charge in [0.2, 0.25) is 0 Å². The lowest BCUT2D eigenvalue weighted by atomic mass is 10.0. The van der Waals surface area contributed by atoms with Gasteiger partial charge in [-0.3, -0.25) is 0 Å². The van der Waals surface area contributed by atoms with Crippen LogP contribution in [0.3, 0.4) is 0 Å². The second-order valence-corrected chi connectivity index (χ2v) is 8.82. The van der Waals surface area contributed by atoms with E-state index in [4.69, 9.17) is 14.8 Å². The van der Waals surface area contributed by atoms with Gasteiger partial charge in [-0.25, -0.2) is 9.67 Å². The molecule has 1 atom stereocenters. The molecule has 3 heterocycles. The first-order valence-corrected chi connectivity index (χ1v) is 11.6. The molecule has 1 aliphatic heterocycles. The number of rotatable bonds is 4. The molecule has 6 rings (SSSR count). The van der Waals surface area contributed by atoms with E-state index >= 15 is 0 Å². The molecule has 6 heteroatoms. The van der Waals surface area contributed by atoms with Crippen molar-refractivity contribution in [3.8, 4) is 28.8 Å². The van der Waals surface area contributed by atoms with Crippen LogP contribution in [0.5, 0.6) is 5.75 Å². The summed E-state index contributed by atoms with van der Waals surface area (Å²) in [4.78, 5) is 4.73. The highest BCUT2D eigenvalue weighted by atomic mass is 16.5. The molecule has 35 heavy (non-hydrogen) atoms. The van der Waals surface area contributed by atoms with E-state index in [1.165, 1.54) is 5.56 Å². The molecule has 0 saturated carbocycles. The highest BCUT2D eigenvalue weighted by Crippen LogP contribution is 2.35. The second kappa shape index (κ2) is 8.30. The molecule has 0 saturated heterocycles. The van der Waals surface area contributed by atoms with Crippen LogP contribution >= 0.6 is 0 Å². The smallest absolute Gasteiger partial charge is 0.151 e. The Hall–Kier alpha value is -4.63. The van der Waals surface area contributed by atoms with Crippen LogP contribution in [0.25, 0.3) is 39.6 Å². The average molecular weight is 458 g/mol. The monoisotopic (exact) mass is 457 g/mol. The third-order valence-electron chi connectivity index (χ3n) is 6.38. The molecule has 0 amide bonds. The summed E-state index contributed by atoms with van der Waals surface area (Å²) in [7, 11) is 1.94. The summed E-state index contributed by atoms with van der Waals surface area (Å²) in [6, 6.07) is 26.4. The summed E-state index contributed by atoms with van der Waals surface area (Å²) in [6.45, 7) is 2.08. The molecule has 3 aromatic carbocycles. The summed E-state index contributed by atoms with van der Waals surface area (Å²) in [5.74, 6) is 1.56. The fourth-order valence-electron chi connectivity index (χ4n) is 4.69. The number of nitriles is 1. The van der Waals surface area contributed by atoms with Gasteiger partial charge in [-0.15, -0.1) is 0 Å². The van der Waals surface area contributed by atoms with Gasteiger partial charge < -0.3 is 9.30 Å². The molecule has 0 aliphatic carbocycles. The van der Waals surface area contributed by atoms with Crippen LogP contribution in [0.4, 0.5) is 0 Å². The van der Waals surface area contributed by atoms with Gasteiger partial charge in [-0.1, -0.05) is 30.3 Å². The maximum Gasteiger partial charge on any atom is 0.151 e. The minimum Gasteiger partial charge on any atom is -0.490 e. The minimum atomic E-state index is 0.171. The van der Waals surface area contributed by atoms with Crippen LogP contribution in [-0.4, -0.2) is 25.4 Å². The molecule has 1 unspecified atom stereocenters. The van der Waals surface area contributed by atoms with E-state index in [-0.39, 0.29) is 6.10 Å².